The van der Waals surface area contributed by atoms with Crippen LogP contribution in [-0.4, -0.2) is 67.5 Å². The summed E-state index contributed by atoms with van der Waals surface area (Å²) < 4.78 is 11.1. The lowest BCUT2D eigenvalue weighted by molar-refractivity contribution is 0.0238. The number of hydrogen-bond acceptors (Lipinski definition) is 4. The van der Waals surface area contributed by atoms with Gasteiger partial charge in [-0.1, -0.05) is 0 Å². The summed E-state index contributed by atoms with van der Waals surface area (Å²) in [7, 11) is 0. The molecule has 1 atom stereocenters. The minimum atomic E-state index is -0.463. The lowest BCUT2D eigenvalue weighted by atomic mass is 10.2. The molecule has 0 bridgehead atoms. The second kappa shape index (κ2) is 11.2. The lowest BCUT2D eigenvalue weighted by Crippen LogP contribution is -2.45. The summed E-state index contributed by atoms with van der Waals surface area (Å²) in [5.41, 5.74) is -0.463. The Bertz CT molecular complexity index is 458. The number of nitrogens with one attached hydrogen (secondary N) is 2. The molecule has 2 rings (SSSR count). The Morgan fingerprint density at radius 2 is 2.00 bits per heavy atom. The van der Waals surface area contributed by atoms with Crippen molar-refractivity contribution in [3.8, 4) is 0 Å². The molecule has 2 fully saturated rings. The van der Waals surface area contributed by atoms with E-state index in [-0.39, 0.29) is 36.2 Å². The monoisotopic (exact) mass is 482 g/mol. The highest BCUT2D eigenvalue weighted by Crippen LogP contribution is 2.28. The molecular formula is C18H35IN4O3. The molecule has 0 aromatic heterocycles. The largest absolute Gasteiger partial charge is 0.444 e. The molecule has 1 saturated heterocycles. The van der Waals surface area contributed by atoms with E-state index in [0.29, 0.717) is 25.7 Å². The maximum absolute atomic E-state index is 12.4. The molecule has 1 aliphatic heterocycles. The Labute approximate surface area is 174 Å². The summed E-state index contributed by atoms with van der Waals surface area (Å²) in [5, 5.41) is 6.55. The number of guanidine groups is 1. The summed E-state index contributed by atoms with van der Waals surface area (Å²) >= 11 is 0. The van der Waals surface area contributed by atoms with Gasteiger partial charge in [0.25, 0.3) is 0 Å². The first kappa shape index (κ1) is 23.3. The van der Waals surface area contributed by atoms with Crippen molar-refractivity contribution in [1.82, 2.24) is 15.5 Å². The molecule has 2 aliphatic rings. The van der Waals surface area contributed by atoms with Crippen LogP contribution in [0.4, 0.5) is 4.79 Å². The van der Waals surface area contributed by atoms with Gasteiger partial charge in [0, 0.05) is 32.3 Å². The summed E-state index contributed by atoms with van der Waals surface area (Å²) in [6.07, 6.45) is 4.34. The minimum Gasteiger partial charge on any atom is -0.444 e. The Balaban J connectivity index is 0.00000338. The van der Waals surface area contributed by atoms with Gasteiger partial charge in [-0.2, -0.15) is 0 Å². The zero-order chi connectivity index (χ0) is 18.3. The van der Waals surface area contributed by atoms with Gasteiger partial charge in [-0.15, -0.1) is 24.0 Å². The Hall–Kier alpha value is -0.770. The lowest BCUT2D eigenvalue weighted by Gasteiger charge is -2.27. The van der Waals surface area contributed by atoms with Crippen molar-refractivity contribution in [2.45, 2.75) is 71.1 Å². The van der Waals surface area contributed by atoms with E-state index in [2.05, 4.69) is 15.6 Å². The Morgan fingerprint density at radius 1 is 1.27 bits per heavy atom. The average Bonchev–Trinajstić information content (AvgIpc) is 3.22. The van der Waals surface area contributed by atoms with Crippen LogP contribution in [0.15, 0.2) is 4.99 Å². The van der Waals surface area contributed by atoms with Crippen molar-refractivity contribution in [1.29, 1.82) is 0 Å². The third-order valence-electron chi connectivity index (χ3n) is 4.08. The predicted octanol–water partition coefficient (Wildman–Crippen LogP) is 2.74. The van der Waals surface area contributed by atoms with Gasteiger partial charge >= 0.3 is 6.09 Å². The number of carbonyl (C=O) groups is 1. The highest BCUT2D eigenvalue weighted by Gasteiger charge is 2.34. The number of hydrogen-bond donors (Lipinski definition) is 2. The Kier molecular flexibility index (Phi) is 9.99. The number of ether oxygens (including phenoxy) is 2. The van der Waals surface area contributed by atoms with Gasteiger partial charge in [0.2, 0.25) is 0 Å². The third kappa shape index (κ3) is 8.75. The number of carbonyl (C=O) groups excluding carboxylic acids is 1. The van der Waals surface area contributed by atoms with Crippen molar-refractivity contribution < 1.29 is 14.3 Å². The topological polar surface area (TPSA) is 75.2 Å². The molecular weight excluding hydrogens is 447 g/mol. The van der Waals surface area contributed by atoms with Crippen molar-refractivity contribution in [3.05, 3.63) is 0 Å². The van der Waals surface area contributed by atoms with Crippen LogP contribution < -0.4 is 10.6 Å². The average molecular weight is 482 g/mol. The van der Waals surface area contributed by atoms with Crippen LogP contribution in [-0.2, 0) is 9.47 Å². The van der Waals surface area contributed by atoms with Crippen LogP contribution in [0.1, 0.15) is 53.4 Å². The maximum Gasteiger partial charge on any atom is 0.410 e. The molecule has 26 heavy (non-hydrogen) atoms. The third-order valence-corrected chi connectivity index (χ3v) is 4.08. The van der Waals surface area contributed by atoms with Crippen molar-refractivity contribution in [2.75, 3.05) is 32.8 Å². The van der Waals surface area contributed by atoms with Gasteiger partial charge in [0.15, 0.2) is 5.96 Å². The predicted molar refractivity (Wildman–Crippen MR) is 114 cm³/mol. The van der Waals surface area contributed by atoms with Gasteiger partial charge in [0.05, 0.1) is 12.6 Å². The van der Waals surface area contributed by atoms with Gasteiger partial charge < -0.3 is 25.0 Å². The van der Waals surface area contributed by atoms with Crippen LogP contribution in [0.5, 0.6) is 0 Å². The van der Waals surface area contributed by atoms with E-state index < -0.39 is 5.60 Å². The van der Waals surface area contributed by atoms with Gasteiger partial charge in [-0.3, -0.25) is 4.99 Å². The standard InChI is InChI=1S/C18H34N4O3.HI/c1-5-19-16(21-13-15-7-6-12-24-15)20-10-11-22(14-8-9-14)17(23)25-18(2,3)4;/h14-15H,5-13H2,1-4H3,(H2,19,20,21);1H. The quantitative estimate of drug-likeness (QED) is 0.332. The molecule has 1 amide bonds. The fourth-order valence-corrected chi connectivity index (χ4v) is 2.75. The van der Waals surface area contributed by atoms with Crippen LogP contribution in [0.2, 0.25) is 0 Å². The highest BCUT2D eigenvalue weighted by molar-refractivity contribution is 14.0. The van der Waals surface area contributed by atoms with E-state index >= 15 is 0 Å². The molecule has 8 heteroatoms. The SMILES string of the molecule is CCNC(=NCC1CCCO1)NCCN(C(=O)OC(C)(C)C)C1CC1.I. The Morgan fingerprint density at radius 3 is 2.54 bits per heavy atom. The molecule has 1 heterocycles. The summed E-state index contributed by atoms with van der Waals surface area (Å²) in [6.45, 7) is 11.3. The number of nitrogens with zero attached hydrogens (tertiary/aromatic N) is 2. The van der Waals surface area contributed by atoms with Gasteiger partial charge in [-0.25, -0.2) is 4.79 Å². The maximum atomic E-state index is 12.4. The summed E-state index contributed by atoms with van der Waals surface area (Å²) in [4.78, 5) is 18.8. The van der Waals surface area contributed by atoms with Crippen molar-refractivity contribution in [2.24, 2.45) is 4.99 Å². The molecule has 1 unspecified atom stereocenters. The normalized spacial score (nSPS) is 20.3. The fourth-order valence-electron chi connectivity index (χ4n) is 2.75. The number of amides is 1. The second-order valence-electron chi connectivity index (χ2n) is 7.69. The van der Waals surface area contributed by atoms with Gasteiger partial charge in [-0.05, 0) is 53.4 Å². The summed E-state index contributed by atoms with van der Waals surface area (Å²) in [6, 6.07) is 0.322. The van der Waals surface area contributed by atoms with Crippen LogP contribution in [0, 0.1) is 0 Å². The van der Waals surface area contributed by atoms with Crippen LogP contribution >= 0.6 is 24.0 Å². The molecule has 7 nitrogen and oxygen atoms in total. The molecule has 0 aromatic rings. The van der Waals surface area contributed by atoms with E-state index in [0.717, 1.165) is 44.8 Å². The van der Waals surface area contributed by atoms with E-state index in [1.165, 1.54) is 0 Å². The minimum absolute atomic E-state index is 0. The van der Waals surface area contributed by atoms with Crippen LogP contribution in [0.3, 0.4) is 0 Å². The first-order chi connectivity index (χ1) is 11.9. The number of halogens is 1. The first-order valence-electron chi connectivity index (χ1n) is 9.52. The number of aliphatic imine (C=N–C) groups is 1. The van der Waals surface area contributed by atoms with E-state index in [4.69, 9.17) is 9.47 Å². The first-order valence-corrected chi connectivity index (χ1v) is 9.52. The van der Waals surface area contributed by atoms with Crippen molar-refractivity contribution >= 4 is 36.0 Å². The summed E-state index contributed by atoms with van der Waals surface area (Å²) in [5.74, 6) is 0.776. The molecule has 1 saturated carbocycles. The number of rotatable bonds is 7. The van der Waals surface area contributed by atoms with E-state index in [9.17, 15) is 4.79 Å². The van der Waals surface area contributed by atoms with E-state index in [1.54, 1.807) is 0 Å². The second-order valence-corrected chi connectivity index (χ2v) is 7.69. The molecule has 0 radical (unpaired) electrons. The highest BCUT2D eigenvalue weighted by atomic mass is 127. The zero-order valence-electron chi connectivity index (χ0n) is 16.5. The molecule has 0 spiro atoms. The fraction of sp³-hybridized carbons (Fsp3) is 0.889. The molecule has 152 valence electrons. The van der Waals surface area contributed by atoms with E-state index in [1.807, 2.05) is 32.6 Å². The van der Waals surface area contributed by atoms with Crippen molar-refractivity contribution in [3.63, 3.8) is 0 Å². The molecule has 0 aromatic carbocycles. The molecule has 1 aliphatic carbocycles. The molecule has 2 N–H and O–H groups in total. The van der Waals surface area contributed by atoms with Crippen LogP contribution in [0.25, 0.3) is 0 Å². The zero-order valence-corrected chi connectivity index (χ0v) is 18.9. The smallest absolute Gasteiger partial charge is 0.410 e. The van der Waals surface area contributed by atoms with Gasteiger partial charge in [0.1, 0.15) is 5.60 Å².